The van der Waals surface area contributed by atoms with Crippen LogP contribution >= 0.6 is 0 Å². The molecule has 2 nitrogen and oxygen atoms in total. The number of hydrogen-bond donors (Lipinski definition) is 0. The van der Waals surface area contributed by atoms with E-state index in [2.05, 4.69) is 0 Å². The Balaban J connectivity index is 2.24. The molecule has 0 unspecified atom stereocenters. The molecule has 0 aromatic heterocycles. The lowest BCUT2D eigenvalue weighted by atomic mass is 9.89. The van der Waals surface area contributed by atoms with E-state index in [9.17, 15) is 4.79 Å². The molecule has 0 aromatic rings. The van der Waals surface area contributed by atoms with Gasteiger partial charge >= 0.3 is 5.97 Å². The van der Waals surface area contributed by atoms with Gasteiger partial charge in [-0.2, -0.15) is 0 Å². The molecule has 0 bridgehead atoms. The molecule has 0 aliphatic heterocycles. The molecule has 0 aromatic carbocycles. The third-order valence-electron chi connectivity index (χ3n) is 2.44. The fraction of sp³-hybridized carbons (Fsp3) is 0.727. The van der Waals surface area contributed by atoms with Gasteiger partial charge in [-0.25, -0.2) is 4.79 Å². The molecule has 0 spiro atoms. The second kappa shape index (κ2) is 5.79. The lowest BCUT2D eigenvalue weighted by Gasteiger charge is -2.17. The van der Waals surface area contributed by atoms with Crippen LogP contribution in [0, 0.1) is 5.92 Å². The van der Waals surface area contributed by atoms with E-state index in [4.69, 9.17) is 4.74 Å². The quantitative estimate of drug-likeness (QED) is 0.495. The van der Waals surface area contributed by atoms with Gasteiger partial charge in [0.25, 0.3) is 0 Å². The summed E-state index contributed by atoms with van der Waals surface area (Å²) in [4.78, 5) is 11.0. The van der Waals surface area contributed by atoms with Crippen LogP contribution in [0.4, 0.5) is 0 Å². The van der Waals surface area contributed by atoms with Gasteiger partial charge in [-0.1, -0.05) is 25.3 Å². The van der Waals surface area contributed by atoms with E-state index in [0.29, 0.717) is 12.5 Å². The van der Waals surface area contributed by atoms with Gasteiger partial charge in [-0.3, -0.25) is 0 Å². The first-order valence-electron chi connectivity index (χ1n) is 5.18. The summed E-state index contributed by atoms with van der Waals surface area (Å²) in [5, 5.41) is 0. The van der Waals surface area contributed by atoms with E-state index in [-0.39, 0.29) is 5.97 Å². The zero-order valence-electron chi connectivity index (χ0n) is 8.29. The molecule has 1 fully saturated rings. The predicted octanol–water partition coefficient (Wildman–Crippen LogP) is 2.69. The first kappa shape index (κ1) is 10.3. The highest BCUT2D eigenvalue weighted by Gasteiger charge is 2.10. The highest BCUT2D eigenvalue weighted by atomic mass is 16.5. The maximum absolute atomic E-state index is 11.0. The van der Waals surface area contributed by atoms with Crippen molar-refractivity contribution < 1.29 is 9.53 Å². The SMILES string of the molecule is CCOC(=O)/C=C\C1CCCCC1. The van der Waals surface area contributed by atoms with Crippen molar-refractivity contribution in [2.75, 3.05) is 6.61 Å². The number of allylic oxidation sites excluding steroid dienone is 1. The molecule has 2 heteroatoms. The number of rotatable bonds is 3. The summed E-state index contributed by atoms with van der Waals surface area (Å²) in [5.74, 6) is 0.409. The average molecular weight is 182 g/mol. The Bertz CT molecular complexity index is 179. The topological polar surface area (TPSA) is 26.3 Å². The molecule has 0 radical (unpaired) electrons. The molecular weight excluding hydrogens is 164 g/mol. The van der Waals surface area contributed by atoms with Crippen LogP contribution in [0.3, 0.4) is 0 Å². The van der Waals surface area contributed by atoms with E-state index in [1.807, 2.05) is 13.0 Å². The maximum atomic E-state index is 11.0. The molecular formula is C11H18O2. The minimum Gasteiger partial charge on any atom is -0.463 e. The molecule has 1 rings (SSSR count). The largest absolute Gasteiger partial charge is 0.463 e. The molecule has 74 valence electrons. The van der Waals surface area contributed by atoms with Gasteiger partial charge in [-0.05, 0) is 25.7 Å². The number of carbonyl (C=O) groups is 1. The standard InChI is InChI=1S/C11H18O2/c1-2-13-11(12)9-8-10-6-4-3-5-7-10/h8-10H,2-7H2,1H3/b9-8-. The van der Waals surface area contributed by atoms with Crippen molar-refractivity contribution in [3.05, 3.63) is 12.2 Å². The van der Waals surface area contributed by atoms with E-state index in [1.54, 1.807) is 6.08 Å². The van der Waals surface area contributed by atoms with E-state index in [0.717, 1.165) is 0 Å². The van der Waals surface area contributed by atoms with Gasteiger partial charge in [0.05, 0.1) is 6.61 Å². The van der Waals surface area contributed by atoms with Crippen LogP contribution < -0.4 is 0 Å². The summed E-state index contributed by atoms with van der Waals surface area (Å²) in [7, 11) is 0. The summed E-state index contributed by atoms with van der Waals surface area (Å²) in [6.07, 6.45) is 10.0. The summed E-state index contributed by atoms with van der Waals surface area (Å²) in [6, 6.07) is 0. The monoisotopic (exact) mass is 182 g/mol. The van der Waals surface area contributed by atoms with E-state index < -0.39 is 0 Å². The van der Waals surface area contributed by atoms with Crippen LogP contribution in [0.1, 0.15) is 39.0 Å². The van der Waals surface area contributed by atoms with Crippen molar-refractivity contribution in [2.45, 2.75) is 39.0 Å². The van der Waals surface area contributed by atoms with Gasteiger partial charge < -0.3 is 4.74 Å². The average Bonchev–Trinajstić information content (AvgIpc) is 2.17. The predicted molar refractivity (Wildman–Crippen MR) is 52.3 cm³/mol. The van der Waals surface area contributed by atoms with Crippen molar-refractivity contribution in [2.24, 2.45) is 5.92 Å². The van der Waals surface area contributed by atoms with Crippen LogP contribution in [0.2, 0.25) is 0 Å². The van der Waals surface area contributed by atoms with Crippen LogP contribution in [0.25, 0.3) is 0 Å². The molecule has 0 N–H and O–H groups in total. The van der Waals surface area contributed by atoms with Gasteiger partial charge in [0.15, 0.2) is 0 Å². The first-order chi connectivity index (χ1) is 6.33. The molecule has 0 heterocycles. The number of carbonyl (C=O) groups excluding carboxylic acids is 1. The second-order valence-electron chi connectivity index (χ2n) is 3.51. The minimum absolute atomic E-state index is 0.201. The molecule has 1 aliphatic rings. The van der Waals surface area contributed by atoms with Gasteiger partial charge in [0, 0.05) is 6.08 Å². The Morgan fingerprint density at radius 2 is 2.08 bits per heavy atom. The lowest BCUT2D eigenvalue weighted by Crippen LogP contribution is -2.05. The Morgan fingerprint density at radius 1 is 1.38 bits per heavy atom. The Morgan fingerprint density at radius 3 is 2.69 bits per heavy atom. The zero-order chi connectivity index (χ0) is 9.52. The van der Waals surface area contributed by atoms with Gasteiger partial charge in [0.1, 0.15) is 0 Å². The second-order valence-corrected chi connectivity index (χ2v) is 3.51. The molecule has 0 atom stereocenters. The van der Waals surface area contributed by atoms with Crippen LogP contribution in [-0.4, -0.2) is 12.6 Å². The number of esters is 1. The van der Waals surface area contributed by atoms with Crippen molar-refractivity contribution in [1.29, 1.82) is 0 Å². The Hall–Kier alpha value is -0.790. The Labute approximate surface area is 80.0 Å². The summed E-state index contributed by atoms with van der Waals surface area (Å²) in [5.41, 5.74) is 0. The Kier molecular flexibility index (Phi) is 4.58. The smallest absolute Gasteiger partial charge is 0.330 e. The third-order valence-corrected chi connectivity index (χ3v) is 2.44. The highest BCUT2D eigenvalue weighted by molar-refractivity contribution is 5.81. The van der Waals surface area contributed by atoms with Crippen molar-refractivity contribution in [3.63, 3.8) is 0 Å². The molecule has 13 heavy (non-hydrogen) atoms. The van der Waals surface area contributed by atoms with E-state index >= 15 is 0 Å². The van der Waals surface area contributed by atoms with Crippen molar-refractivity contribution in [3.8, 4) is 0 Å². The highest BCUT2D eigenvalue weighted by Crippen LogP contribution is 2.24. The van der Waals surface area contributed by atoms with Gasteiger partial charge in [0.2, 0.25) is 0 Å². The summed E-state index contributed by atoms with van der Waals surface area (Å²) in [6.45, 7) is 2.29. The van der Waals surface area contributed by atoms with Gasteiger partial charge in [-0.15, -0.1) is 0 Å². The third kappa shape index (κ3) is 4.11. The molecule has 1 aliphatic carbocycles. The molecule has 0 saturated heterocycles. The zero-order valence-corrected chi connectivity index (χ0v) is 8.29. The summed E-state index contributed by atoms with van der Waals surface area (Å²) < 4.78 is 4.81. The van der Waals surface area contributed by atoms with Crippen LogP contribution in [0.5, 0.6) is 0 Å². The molecule has 0 amide bonds. The molecule has 1 saturated carbocycles. The fourth-order valence-electron chi connectivity index (χ4n) is 1.73. The fourth-order valence-corrected chi connectivity index (χ4v) is 1.73. The number of hydrogen-bond acceptors (Lipinski definition) is 2. The van der Waals surface area contributed by atoms with Crippen LogP contribution in [0.15, 0.2) is 12.2 Å². The minimum atomic E-state index is -0.201. The maximum Gasteiger partial charge on any atom is 0.330 e. The normalized spacial score (nSPS) is 19.2. The summed E-state index contributed by atoms with van der Waals surface area (Å²) >= 11 is 0. The lowest BCUT2D eigenvalue weighted by molar-refractivity contribution is -0.137. The van der Waals surface area contributed by atoms with Crippen LogP contribution in [-0.2, 0) is 9.53 Å². The van der Waals surface area contributed by atoms with Crippen molar-refractivity contribution in [1.82, 2.24) is 0 Å². The number of ether oxygens (including phenoxy) is 1. The first-order valence-corrected chi connectivity index (χ1v) is 5.18. The van der Waals surface area contributed by atoms with Crippen molar-refractivity contribution >= 4 is 5.97 Å². The van der Waals surface area contributed by atoms with E-state index in [1.165, 1.54) is 32.1 Å².